The van der Waals surface area contributed by atoms with Crippen LogP contribution in [0.3, 0.4) is 0 Å². The second kappa shape index (κ2) is 10.7. The number of carbonyl (C=O) groups excluding carboxylic acids is 2. The molecule has 0 spiro atoms. The molecule has 0 radical (unpaired) electrons. The lowest BCUT2D eigenvalue weighted by molar-refractivity contribution is -0.145. The Kier molecular flexibility index (Phi) is 8.97. The molecule has 1 atom stereocenters. The number of halogens is 2. The molecule has 134 valence electrons. The predicted molar refractivity (Wildman–Crippen MR) is 87.6 cm³/mol. The van der Waals surface area contributed by atoms with E-state index in [1.165, 1.54) is 26.2 Å². The first-order valence-corrected chi connectivity index (χ1v) is 8.38. The normalized spacial score (nSPS) is 11.8. The van der Waals surface area contributed by atoms with Crippen molar-refractivity contribution in [3.63, 3.8) is 0 Å². The average Bonchev–Trinajstić information content (AvgIpc) is 2.56. The highest BCUT2D eigenvalue weighted by Gasteiger charge is 2.18. The van der Waals surface area contributed by atoms with Crippen molar-refractivity contribution in [2.24, 2.45) is 0 Å². The second-order valence-corrected chi connectivity index (χ2v) is 5.76. The van der Waals surface area contributed by atoms with Gasteiger partial charge in [-0.05, 0) is 31.5 Å². The molecule has 0 fully saturated rings. The Labute approximate surface area is 141 Å². The van der Waals surface area contributed by atoms with Crippen LogP contribution >= 0.6 is 0 Å². The Balaban J connectivity index is 2.30. The van der Waals surface area contributed by atoms with Gasteiger partial charge in [-0.1, -0.05) is 39.0 Å². The molecular weight excluding hydrogens is 316 g/mol. The van der Waals surface area contributed by atoms with Gasteiger partial charge in [-0.3, -0.25) is 4.79 Å². The predicted octanol–water partition coefficient (Wildman–Crippen LogP) is 3.99. The van der Waals surface area contributed by atoms with Crippen LogP contribution in [0.5, 0.6) is 0 Å². The standard InChI is InChI=1S/C18H25F2NO3/c1-3-4-5-6-7-8-11-24-18(23)13(2)21-17(22)14-9-10-15(19)16(20)12-14/h9-10,12-13H,3-8,11H2,1-2H3,(H,21,22). The number of hydrogen-bond acceptors (Lipinski definition) is 3. The zero-order valence-electron chi connectivity index (χ0n) is 14.2. The monoisotopic (exact) mass is 341 g/mol. The summed E-state index contributed by atoms with van der Waals surface area (Å²) in [5.74, 6) is -3.34. The molecule has 0 saturated carbocycles. The van der Waals surface area contributed by atoms with Crippen molar-refractivity contribution in [2.75, 3.05) is 6.61 Å². The minimum atomic E-state index is -1.11. The fourth-order valence-corrected chi connectivity index (χ4v) is 2.16. The van der Waals surface area contributed by atoms with E-state index >= 15 is 0 Å². The van der Waals surface area contributed by atoms with Crippen molar-refractivity contribution in [1.29, 1.82) is 0 Å². The van der Waals surface area contributed by atoms with Gasteiger partial charge in [-0.2, -0.15) is 0 Å². The molecule has 1 amide bonds. The number of nitrogens with one attached hydrogen (secondary N) is 1. The first-order chi connectivity index (χ1) is 11.5. The number of benzene rings is 1. The lowest BCUT2D eigenvalue weighted by Gasteiger charge is -2.13. The van der Waals surface area contributed by atoms with Crippen LogP contribution in [0.1, 0.15) is 62.7 Å². The van der Waals surface area contributed by atoms with Crippen LogP contribution in [0.2, 0.25) is 0 Å². The fraction of sp³-hybridized carbons (Fsp3) is 0.556. The first kappa shape index (κ1) is 20.1. The van der Waals surface area contributed by atoms with E-state index in [1.54, 1.807) is 0 Å². The molecule has 0 aromatic heterocycles. The van der Waals surface area contributed by atoms with E-state index in [0.717, 1.165) is 37.5 Å². The minimum absolute atomic E-state index is 0.0514. The molecule has 0 aliphatic rings. The molecule has 0 heterocycles. The summed E-state index contributed by atoms with van der Waals surface area (Å²) in [5.41, 5.74) is -0.0514. The maximum Gasteiger partial charge on any atom is 0.328 e. The quantitative estimate of drug-likeness (QED) is 0.517. The lowest BCUT2D eigenvalue weighted by Crippen LogP contribution is -2.39. The summed E-state index contributed by atoms with van der Waals surface area (Å²) >= 11 is 0. The molecule has 1 aromatic carbocycles. The highest BCUT2D eigenvalue weighted by molar-refractivity contribution is 5.96. The van der Waals surface area contributed by atoms with Crippen molar-refractivity contribution in [2.45, 2.75) is 58.4 Å². The van der Waals surface area contributed by atoms with Crippen LogP contribution < -0.4 is 5.32 Å². The number of rotatable bonds is 10. The number of amides is 1. The fourth-order valence-electron chi connectivity index (χ4n) is 2.16. The van der Waals surface area contributed by atoms with Crippen LogP contribution in [0.25, 0.3) is 0 Å². The van der Waals surface area contributed by atoms with Crippen molar-refractivity contribution < 1.29 is 23.1 Å². The Morgan fingerprint density at radius 1 is 1.08 bits per heavy atom. The highest BCUT2D eigenvalue weighted by atomic mass is 19.2. The topological polar surface area (TPSA) is 55.4 Å². The van der Waals surface area contributed by atoms with Gasteiger partial charge in [0, 0.05) is 5.56 Å². The zero-order valence-corrected chi connectivity index (χ0v) is 14.2. The summed E-state index contributed by atoms with van der Waals surface area (Å²) in [6.45, 7) is 3.95. The Morgan fingerprint density at radius 3 is 2.42 bits per heavy atom. The van der Waals surface area contributed by atoms with E-state index < -0.39 is 29.6 Å². The minimum Gasteiger partial charge on any atom is -0.464 e. The zero-order chi connectivity index (χ0) is 17.9. The van der Waals surface area contributed by atoms with E-state index in [4.69, 9.17) is 4.74 Å². The smallest absolute Gasteiger partial charge is 0.328 e. The maximum atomic E-state index is 13.1. The van der Waals surface area contributed by atoms with Crippen molar-refractivity contribution in [3.8, 4) is 0 Å². The number of esters is 1. The van der Waals surface area contributed by atoms with Gasteiger partial charge in [0.2, 0.25) is 0 Å². The van der Waals surface area contributed by atoms with E-state index in [9.17, 15) is 18.4 Å². The summed E-state index contributed by atoms with van der Waals surface area (Å²) < 4.78 is 31.1. The van der Waals surface area contributed by atoms with E-state index in [2.05, 4.69) is 12.2 Å². The van der Waals surface area contributed by atoms with Crippen LogP contribution in [0.15, 0.2) is 18.2 Å². The summed E-state index contributed by atoms with van der Waals surface area (Å²) in [6, 6.07) is 1.96. The number of hydrogen-bond donors (Lipinski definition) is 1. The van der Waals surface area contributed by atoms with Gasteiger partial charge in [-0.25, -0.2) is 13.6 Å². The molecule has 24 heavy (non-hydrogen) atoms. The molecule has 1 unspecified atom stereocenters. The van der Waals surface area contributed by atoms with Crippen molar-refractivity contribution in [1.82, 2.24) is 5.32 Å². The van der Waals surface area contributed by atoms with Gasteiger partial charge in [0.05, 0.1) is 6.61 Å². The molecule has 1 N–H and O–H groups in total. The van der Waals surface area contributed by atoms with Crippen LogP contribution in [0, 0.1) is 11.6 Å². The molecule has 0 aliphatic carbocycles. The van der Waals surface area contributed by atoms with Crippen molar-refractivity contribution in [3.05, 3.63) is 35.4 Å². The van der Waals surface area contributed by atoms with Gasteiger partial charge in [0.25, 0.3) is 5.91 Å². The molecule has 1 aromatic rings. The summed E-state index contributed by atoms with van der Waals surface area (Å²) in [4.78, 5) is 23.7. The summed E-state index contributed by atoms with van der Waals surface area (Å²) in [6.07, 6.45) is 6.50. The average molecular weight is 341 g/mol. The molecular formula is C18H25F2NO3. The third-order valence-electron chi connectivity index (χ3n) is 3.63. The second-order valence-electron chi connectivity index (χ2n) is 5.76. The summed E-state index contributed by atoms with van der Waals surface area (Å²) in [5, 5.41) is 2.41. The highest BCUT2D eigenvalue weighted by Crippen LogP contribution is 2.09. The lowest BCUT2D eigenvalue weighted by atomic mass is 10.1. The maximum absolute atomic E-state index is 13.1. The Bertz CT molecular complexity index is 549. The van der Waals surface area contributed by atoms with Gasteiger partial charge < -0.3 is 10.1 Å². The Hall–Kier alpha value is -1.98. The SMILES string of the molecule is CCCCCCCCOC(=O)C(C)NC(=O)c1ccc(F)c(F)c1. The van der Waals surface area contributed by atoms with Gasteiger partial charge in [-0.15, -0.1) is 0 Å². The van der Waals surface area contributed by atoms with E-state index in [-0.39, 0.29) is 5.56 Å². The molecule has 0 bridgehead atoms. The third kappa shape index (κ3) is 7.06. The number of carbonyl (C=O) groups is 2. The van der Waals surface area contributed by atoms with Gasteiger partial charge >= 0.3 is 5.97 Å². The van der Waals surface area contributed by atoms with Crippen molar-refractivity contribution >= 4 is 11.9 Å². The van der Waals surface area contributed by atoms with Crippen LogP contribution in [0.4, 0.5) is 8.78 Å². The molecule has 0 aliphatic heterocycles. The largest absolute Gasteiger partial charge is 0.464 e. The molecule has 0 saturated heterocycles. The molecule has 4 nitrogen and oxygen atoms in total. The molecule has 1 rings (SSSR count). The van der Waals surface area contributed by atoms with Gasteiger partial charge in [0.1, 0.15) is 6.04 Å². The Morgan fingerprint density at radius 2 is 1.75 bits per heavy atom. The van der Waals surface area contributed by atoms with Crippen LogP contribution in [-0.4, -0.2) is 24.5 Å². The van der Waals surface area contributed by atoms with E-state index in [1.807, 2.05) is 0 Å². The van der Waals surface area contributed by atoms with Crippen LogP contribution in [-0.2, 0) is 9.53 Å². The third-order valence-corrected chi connectivity index (χ3v) is 3.63. The first-order valence-electron chi connectivity index (χ1n) is 8.38. The van der Waals surface area contributed by atoms with Gasteiger partial charge in [0.15, 0.2) is 11.6 Å². The number of ether oxygens (including phenoxy) is 1. The number of unbranched alkanes of at least 4 members (excludes halogenated alkanes) is 5. The van der Waals surface area contributed by atoms with E-state index in [0.29, 0.717) is 6.61 Å². The summed E-state index contributed by atoms with van der Waals surface area (Å²) in [7, 11) is 0. The molecule has 6 heteroatoms.